The summed E-state index contributed by atoms with van der Waals surface area (Å²) >= 11 is 0. The van der Waals surface area contributed by atoms with Crippen molar-refractivity contribution in [3.05, 3.63) is 58.3 Å². The van der Waals surface area contributed by atoms with Gasteiger partial charge < -0.3 is 24.1 Å². The average molecular weight is 446 g/mol. The molecule has 7 nitrogen and oxygen atoms in total. The van der Waals surface area contributed by atoms with Crippen molar-refractivity contribution in [1.82, 2.24) is 4.98 Å². The maximum atomic E-state index is 13.8. The molecule has 1 fully saturated rings. The van der Waals surface area contributed by atoms with Crippen LogP contribution in [-0.4, -0.2) is 57.4 Å². The lowest BCUT2D eigenvalue weighted by Crippen LogP contribution is -2.37. The molecule has 2 aliphatic rings. The first-order valence-corrected chi connectivity index (χ1v) is 11.2. The number of aromatic amines is 1. The van der Waals surface area contributed by atoms with Gasteiger partial charge in [-0.3, -0.25) is 4.79 Å². The zero-order chi connectivity index (χ0) is 23.2. The van der Waals surface area contributed by atoms with E-state index in [9.17, 15) is 10.1 Å². The highest BCUT2D eigenvalue weighted by atomic mass is 16.5. The summed E-state index contributed by atoms with van der Waals surface area (Å²) in [7, 11) is 1.64. The normalized spacial score (nSPS) is 16.9. The van der Waals surface area contributed by atoms with E-state index in [1.54, 1.807) is 19.2 Å². The number of hydrogen-bond donors (Lipinski definition) is 1. The Bertz CT molecular complexity index is 1280. The standard InChI is InChI=1S/C26H27N3O4/c1-26(2)19-14-21(29-6-8-32-9-7-29)22(33-11-10-31-3)13-18(19)24(30)23-17-5-4-16(15-27)12-20(17)28-25(23)26/h4-5,12-14,28H,6-11H2,1-3H3. The Balaban J connectivity index is 1.68. The van der Waals surface area contributed by atoms with E-state index in [2.05, 4.69) is 35.9 Å². The van der Waals surface area contributed by atoms with Crippen LogP contribution < -0.4 is 9.64 Å². The second kappa shape index (κ2) is 8.22. The summed E-state index contributed by atoms with van der Waals surface area (Å²) in [6.07, 6.45) is 0. The molecule has 5 rings (SSSR count). The first-order valence-electron chi connectivity index (χ1n) is 11.2. The molecule has 0 amide bonds. The van der Waals surface area contributed by atoms with Gasteiger partial charge in [0.2, 0.25) is 0 Å². The summed E-state index contributed by atoms with van der Waals surface area (Å²) in [5, 5.41) is 10.1. The number of hydrogen-bond acceptors (Lipinski definition) is 6. The van der Waals surface area contributed by atoms with Gasteiger partial charge >= 0.3 is 0 Å². The molecule has 2 aromatic carbocycles. The van der Waals surface area contributed by atoms with Crippen molar-refractivity contribution in [1.29, 1.82) is 5.26 Å². The molecule has 0 radical (unpaired) electrons. The number of rotatable bonds is 5. The van der Waals surface area contributed by atoms with Crippen molar-refractivity contribution >= 4 is 22.4 Å². The van der Waals surface area contributed by atoms with Crippen LogP contribution in [0.25, 0.3) is 10.9 Å². The molecule has 0 saturated carbocycles. The maximum Gasteiger partial charge on any atom is 0.195 e. The second-order valence-electron chi connectivity index (χ2n) is 9.01. The van der Waals surface area contributed by atoms with E-state index in [1.165, 1.54) is 0 Å². The number of fused-ring (bicyclic) bond motifs is 4. The quantitative estimate of drug-likeness (QED) is 0.602. The lowest BCUT2D eigenvalue weighted by atomic mass is 9.71. The molecule has 170 valence electrons. The van der Waals surface area contributed by atoms with Gasteiger partial charge in [0, 0.05) is 47.8 Å². The first kappa shape index (κ1) is 21.5. The number of H-pyrrole nitrogens is 1. The van der Waals surface area contributed by atoms with Crippen LogP contribution in [0.1, 0.15) is 46.6 Å². The molecule has 7 heteroatoms. The summed E-state index contributed by atoms with van der Waals surface area (Å²) in [5.41, 5.74) is 5.08. The number of methoxy groups -OCH3 is 1. The zero-order valence-electron chi connectivity index (χ0n) is 19.2. The molecule has 3 aromatic rings. The minimum Gasteiger partial charge on any atom is -0.489 e. The minimum absolute atomic E-state index is 0.0274. The molecule has 1 aliphatic carbocycles. The lowest BCUT2D eigenvalue weighted by Gasteiger charge is -2.36. The Labute approximate surface area is 192 Å². The summed E-state index contributed by atoms with van der Waals surface area (Å²) in [5.74, 6) is 0.660. The molecule has 1 aliphatic heterocycles. The van der Waals surface area contributed by atoms with E-state index >= 15 is 0 Å². The van der Waals surface area contributed by atoms with Crippen molar-refractivity contribution in [2.75, 3.05) is 51.5 Å². The van der Waals surface area contributed by atoms with Gasteiger partial charge in [-0.25, -0.2) is 0 Å². The number of benzene rings is 2. The largest absolute Gasteiger partial charge is 0.489 e. The molecule has 1 saturated heterocycles. The topological polar surface area (TPSA) is 87.6 Å². The van der Waals surface area contributed by atoms with Gasteiger partial charge in [-0.1, -0.05) is 19.9 Å². The molecule has 0 unspecified atom stereocenters. The summed E-state index contributed by atoms with van der Waals surface area (Å²) in [4.78, 5) is 19.5. The second-order valence-corrected chi connectivity index (χ2v) is 9.01. The van der Waals surface area contributed by atoms with Crippen molar-refractivity contribution in [2.24, 2.45) is 0 Å². The summed E-state index contributed by atoms with van der Waals surface area (Å²) in [6.45, 7) is 7.98. The molecule has 2 heterocycles. The Hall–Kier alpha value is -3.34. The first-order chi connectivity index (χ1) is 16.0. The van der Waals surface area contributed by atoms with Crippen LogP contribution >= 0.6 is 0 Å². The SMILES string of the molecule is COCCOc1cc2c(cc1N1CCOCC1)C(C)(C)c1[nH]c3cc(C#N)ccc3c1C2=O. The predicted molar refractivity (Wildman–Crippen MR) is 125 cm³/mol. The molecule has 1 aromatic heterocycles. The van der Waals surface area contributed by atoms with Crippen molar-refractivity contribution in [3.8, 4) is 11.8 Å². The molecule has 0 bridgehead atoms. The van der Waals surface area contributed by atoms with Crippen LogP contribution in [-0.2, 0) is 14.9 Å². The fraction of sp³-hybridized carbons (Fsp3) is 0.385. The number of carbonyl (C=O) groups is 1. The Morgan fingerprint density at radius 1 is 1.18 bits per heavy atom. The highest BCUT2D eigenvalue weighted by molar-refractivity contribution is 6.20. The third kappa shape index (κ3) is 3.47. The molecule has 33 heavy (non-hydrogen) atoms. The van der Waals surface area contributed by atoms with E-state index in [1.807, 2.05) is 12.1 Å². The number of aromatic nitrogens is 1. The molecule has 0 atom stereocenters. The van der Waals surface area contributed by atoms with E-state index < -0.39 is 5.41 Å². The van der Waals surface area contributed by atoms with Crippen molar-refractivity contribution < 1.29 is 19.0 Å². The Kier molecular flexibility index (Phi) is 5.35. The van der Waals surface area contributed by atoms with Gasteiger partial charge in [0.05, 0.1) is 42.7 Å². The zero-order valence-corrected chi connectivity index (χ0v) is 19.2. The highest BCUT2D eigenvalue weighted by Crippen LogP contribution is 2.47. The number of anilines is 1. The van der Waals surface area contributed by atoms with Crippen LogP contribution in [0, 0.1) is 11.3 Å². The maximum absolute atomic E-state index is 13.8. The lowest BCUT2D eigenvalue weighted by molar-refractivity contribution is 0.103. The number of nitriles is 1. The van der Waals surface area contributed by atoms with E-state index in [4.69, 9.17) is 14.2 Å². The molecule has 1 N–H and O–H groups in total. The van der Waals surface area contributed by atoms with Gasteiger partial charge in [-0.05, 0) is 29.8 Å². The van der Waals surface area contributed by atoms with Crippen LogP contribution in [0.2, 0.25) is 0 Å². The molecule has 0 spiro atoms. The number of nitrogens with one attached hydrogen (secondary N) is 1. The predicted octanol–water partition coefficient (Wildman–Crippen LogP) is 3.77. The fourth-order valence-corrected chi connectivity index (χ4v) is 4.92. The Morgan fingerprint density at radius 3 is 2.70 bits per heavy atom. The summed E-state index contributed by atoms with van der Waals surface area (Å²) in [6, 6.07) is 11.6. The monoisotopic (exact) mass is 445 g/mol. The van der Waals surface area contributed by atoms with Crippen molar-refractivity contribution in [2.45, 2.75) is 19.3 Å². The van der Waals surface area contributed by atoms with Gasteiger partial charge in [-0.2, -0.15) is 5.26 Å². The van der Waals surface area contributed by atoms with Crippen LogP contribution in [0.15, 0.2) is 30.3 Å². The molecular weight excluding hydrogens is 418 g/mol. The van der Waals surface area contributed by atoms with Gasteiger partial charge in [-0.15, -0.1) is 0 Å². The number of ketones is 1. The third-order valence-electron chi connectivity index (χ3n) is 6.69. The van der Waals surface area contributed by atoms with E-state index in [-0.39, 0.29) is 5.78 Å². The number of nitrogens with zero attached hydrogens (tertiary/aromatic N) is 2. The third-order valence-corrected chi connectivity index (χ3v) is 6.69. The van der Waals surface area contributed by atoms with Crippen LogP contribution in [0.4, 0.5) is 5.69 Å². The van der Waals surface area contributed by atoms with Gasteiger partial charge in [0.25, 0.3) is 0 Å². The highest BCUT2D eigenvalue weighted by Gasteiger charge is 2.41. The summed E-state index contributed by atoms with van der Waals surface area (Å²) < 4.78 is 16.8. The fourth-order valence-electron chi connectivity index (χ4n) is 4.92. The number of ether oxygens (including phenoxy) is 3. The minimum atomic E-state index is -0.434. The molecular formula is C26H27N3O4. The average Bonchev–Trinajstić information content (AvgIpc) is 3.23. The van der Waals surface area contributed by atoms with Crippen molar-refractivity contribution in [3.63, 3.8) is 0 Å². The van der Waals surface area contributed by atoms with Gasteiger partial charge in [0.1, 0.15) is 12.4 Å². The van der Waals surface area contributed by atoms with Gasteiger partial charge in [0.15, 0.2) is 5.78 Å². The van der Waals surface area contributed by atoms with E-state index in [0.717, 1.165) is 40.9 Å². The number of carbonyl (C=O) groups excluding carboxylic acids is 1. The smallest absolute Gasteiger partial charge is 0.195 e. The number of morpholine rings is 1. The Morgan fingerprint density at radius 2 is 1.97 bits per heavy atom. The van der Waals surface area contributed by atoms with Crippen LogP contribution in [0.3, 0.4) is 0 Å². The van der Waals surface area contributed by atoms with E-state index in [0.29, 0.717) is 48.9 Å². The van der Waals surface area contributed by atoms with Crippen LogP contribution in [0.5, 0.6) is 5.75 Å².